The van der Waals surface area contributed by atoms with Gasteiger partial charge in [0.25, 0.3) is 11.8 Å². The molecular formula is C30H41N7O4. The Morgan fingerprint density at radius 2 is 1.63 bits per heavy atom. The number of likely N-dealkylation sites (N-methyl/N-ethyl adjacent to an activating group) is 1. The predicted octanol–water partition coefficient (Wildman–Crippen LogP) is 3.74. The molecule has 0 saturated carbocycles. The van der Waals surface area contributed by atoms with Gasteiger partial charge in [-0.2, -0.15) is 5.26 Å². The molecule has 2 heterocycles. The van der Waals surface area contributed by atoms with Gasteiger partial charge in [0.15, 0.2) is 6.19 Å². The molecule has 3 rings (SSSR count). The number of ether oxygens (including phenoxy) is 1. The summed E-state index contributed by atoms with van der Waals surface area (Å²) in [5.41, 5.74) is 1.72. The Balaban J connectivity index is 1.61. The SMILES string of the molecule is CC(C)C[C@H](NC(=O)c1ccc(-c2ccc(N3CCN(C(=O)OC(C)(C)C)CC3)nc2)cc1)C(=O)N(C)N(C)C#N. The molecule has 11 heteroatoms. The minimum Gasteiger partial charge on any atom is -0.444 e. The number of nitrogens with zero attached hydrogens (tertiary/aromatic N) is 6. The zero-order chi connectivity index (χ0) is 30.3. The van der Waals surface area contributed by atoms with Crippen LogP contribution in [-0.2, 0) is 9.53 Å². The van der Waals surface area contributed by atoms with E-state index in [1.807, 2.05) is 65.1 Å². The van der Waals surface area contributed by atoms with Crippen molar-refractivity contribution in [1.29, 1.82) is 5.26 Å². The van der Waals surface area contributed by atoms with Gasteiger partial charge in [-0.1, -0.05) is 26.0 Å². The van der Waals surface area contributed by atoms with Gasteiger partial charge in [0.2, 0.25) is 0 Å². The summed E-state index contributed by atoms with van der Waals surface area (Å²) in [5, 5.41) is 14.3. The van der Waals surface area contributed by atoms with E-state index in [1.54, 1.807) is 23.2 Å². The van der Waals surface area contributed by atoms with Crippen molar-refractivity contribution in [1.82, 2.24) is 25.2 Å². The number of hydrazine groups is 1. The molecule has 220 valence electrons. The average molecular weight is 564 g/mol. The van der Waals surface area contributed by atoms with Crippen LogP contribution in [0.5, 0.6) is 0 Å². The fourth-order valence-corrected chi connectivity index (χ4v) is 4.38. The highest BCUT2D eigenvalue weighted by Gasteiger charge is 2.28. The summed E-state index contributed by atoms with van der Waals surface area (Å²) in [5.74, 6) is 0.283. The second-order valence-electron chi connectivity index (χ2n) is 11.6. The monoisotopic (exact) mass is 563 g/mol. The summed E-state index contributed by atoms with van der Waals surface area (Å²) in [7, 11) is 2.99. The fourth-order valence-electron chi connectivity index (χ4n) is 4.38. The highest BCUT2D eigenvalue weighted by atomic mass is 16.6. The molecule has 0 bridgehead atoms. The van der Waals surface area contributed by atoms with Crippen LogP contribution in [0.15, 0.2) is 42.6 Å². The van der Waals surface area contributed by atoms with Gasteiger partial charge >= 0.3 is 6.09 Å². The number of nitriles is 1. The van der Waals surface area contributed by atoms with E-state index < -0.39 is 11.6 Å². The highest BCUT2D eigenvalue weighted by Crippen LogP contribution is 2.23. The summed E-state index contributed by atoms with van der Waals surface area (Å²) in [4.78, 5) is 46.7. The molecule has 1 aliphatic rings. The van der Waals surface area contributed by atoms with E-state index >= 15 is 0 Å². The molecule has 1 saturated heterocycles. The summed E-state index contributed by atoms with van der Waals surface area (Å²) >= 11 is 0. The molecule has 1 atom stereocenters. The summed E-state index contributed by atoms with van der Waals surface area (Å²) in [6.45, 7) is 12.0. The number of aromatic nitrogens is 1. The molecule has 0 spiro atoms. The minimum absolute atomic E-state index is 0.164. The average Bonchev–Trinajstić information content (AvgIpc) is 2.94. The molecule has 11 nitrogen and oxygen atoms in total. The van der Waals surface area contributed by atoms with Gasteiger partial charge in [-0.3, -0.25) is 9.59 Å². The number of amides is 3. The van der Waals surface area contributed by atoms with Gasteiger partial charge in [-0.05, 0) is 62.9 Å². The van der Waals surface area contributed by atoms with Crippen LogP contribution in [0.1, 0.15) is 51.4 Å². The van der Waals surface area contributed by atoms with Crippen molar-refractivity contribution >= 4 is 23.7 Å². The first-order valence-electron chi connectivity index (χ1n) is 13.8. The molecule has 1 N–H and O–H groups in total. The maximum absolute atomic E-state index is 13.0. The lowest BCUT2D eigenvalue weighted by atomic mass is 10.0. The lowest BCUT2D eigenvalue weighted by Crippen LogP contribution is -2.51. The van der Waals surface area contributed by atoms with Gasteiger partial charge in [0.1, 0.15) is 17.5 Å². The molecular weight excluding hydrogens is 522 g/mol. The third kappa shape index (κ3) is 8.58. The van der Waals surface area contributed by atoms with E-state index in [0.29, 0.717) is 38.2 Å². The van der Waals surface area contributed by atoms with E-state index in [1.165, 1.54) is 19.1 Å². The third-order valence-electron chi connectivity index (χ3n) is 6.71. The van der Waals surface area contributed by atoms with Crippen LogP contribution in [0, 0.1) is 17.4 Å². The Morgan fingerprint density at radius 1 is 1.02 bits per heavy atom. The molecule has 0 aliphatic carbocycles. The number of carbonyl (C=O) groups excluding carboxylic acids is 3. The predicted molar refractivity (Wildman–Crippen MR) is 157 cm³/mol. The number of piperazine rings is 1. The molecule has 2 aromatic rings. The maximum Gasteiger partial charge on any atom is 0.410 e. The normalized spacial score (nSPS) is 14.2. The second kappa shape index (κ2) is 13.4. The second-order valence-corrected chi connectivity index (χ2v) is 11.6. The zero-order valence-corrected chi connectivity index (χ0v) is 25.0. The van der Waals surface area contributed by atoms with Crippen molar-refractivity contribution in [2.45, 2.75) is 52.7 Å². The van der Waals surface area contributed by atoms with Gasteiger partial charge in [0.05, 0.1) is 0 Å². The molecule has 0 radical (unpaired) electrons. The first-order valence-corrected chi connectivity index (χ1v) is 13.8. The minimum atomic E-state index is -0.759. The Hall–Kier alpha value is -4.33. The van der Waals surface area contributed by atoms with Crippen molar-refractivity contribution in [3.05, 3.63) is 48.2 Å². The van der Waals surface area contributed by atoms with Crippen LogP contribution in [0.3, 0.4) is 0 Å². The van der Waals surface area contributed by atoms with Crippen molar-refractivity contribution < 1.29 is 19.1 Å². The number of nitrogens with one attached hydrogen (secondary N) is 1. The molecule has 41 heavy (non-hydrogen) atoms. The van der Waals surface area contributed by atoms with Crippen LogP contribution in [-0.4, -0.2) is 89.7 Å². The number of carbonyl (C=O) groups is 3. The van der Waals surface area contributed by atoms with Crippen molar-refractivity contribution in [2.75, 3.05) is 45.2 Å². The molecule has 1 aromatic heterocycles. The Labute approximate surface area is 242 Å². The molecule has 1 aromatic carbocycles. The quantitative estimate of drug-likeness (QED) is 0.293. The van der Waals surface area contributed by atoms with Crippen LogP contribution in [0.4, 0.5) is 10.6 Å². The van der Waals surface area contributed by atoms with Crippen LogP contribution in [0.2, 0.25) is 0 Å². The van der Waals surface area contributed by atoms with Crippen molar-refractivity contribution in [2.24, 2.45) is 5.92 Å². The lowest BCUT2D eigenvalue weighted by molar-refractivity contribution is -0.142. The number of hydrogen-bond donors (Lipinski definition) is 1. The number of pyridine rings is 1. The van der Waals surface area contributed by atoms with Gasteiger partial charge in [-0.15, -0.1) is 0 Å². The van der Waals surface area contributed by atoms with Crippen molar-refractivity contribution in [3.63, 3.8) is 0 Å². The van der Waals surface area contributed by atoms with Gasteiger partial charge < -0.3 is 19.9 Å². The molecule has 0 unspecified atom stereocenters. The molecule has 3 amide bonds. The van der Waals surface area contributed by atoms with Crippen LogP contribution in [0.25, 0.3) is 11.1 Å². The first-order chi connectivity index (χ1) is 19.3. The van der Waals surface area contributed by atoms with E-state index in [-0.39, 0.29) is 23.8 Å². The summed E-state index contributed by atoms with van der Waals surface area (Å²) in [6.07, 6.45) is 3.84. The Morgan fingerprint density at radius 3 is 2.15 bits per heavy atom. The zero-order valence-electron chi connectivity index (χ0n) is 25.0. The van der Waals surface area contributed by atoms with E-state index in [9.17, 15) is 14.4 Å². The number of benzene rings is 1. The third-order valence-corrected chi connectivity index (χ3v) is 6.71. The van der Waals surface area contributed by atoms with Crippen LogP contribution >= 0.6 is 0 Å². The van der Waals surface area contributed by atoms with E-state index in [0.717, 1.165) is 22.0 Å². The first kappa shape index (κ1) is 31.2. The largest absolute Gasteiger partial charge is 0.444 e. The fraction of sp³-hybridized carbons (Fsp3) is 0.500. The topological polar surface area (TPSA) is 122 Å². The molecule has 1 fully saturated rings. The lowest BCUT2D eigenvalue weighted by Gasteiger charge is -2.36. The Kier molecular flexibility index (Phi) is 10.2. The van der Waals surface area contributed by atoms with E-state index in [2.05, 4.69) is 15.2 Å². The van der Waals surface area contributed by atoms with Crippen LogP contribution < -0.4 is 10.2 Å². The van der Waals surface area contributed by atoms with Gasteiger partial charge in [0, 0.05) is 57.6 Å². The van der Waals surface area contributed by atoms with E-state index in [4.69, 9.17) is 10.00 Å². The van der Waals surface area contributed by atoms with Gasteiger partial charge in [-0.25, -0.2) is 19.8 Å². The summed E-state index contributed by atoms with van der Waals surface area (Å²) < 4.78 is 5.47. The van der Waals surface area contributed by atoms with Crippen molar-refractivity contribution in [3.8, 4) is 17.3 Å². The number of hydrogen-bond acceptors (Lipinski definition) is 8. The number of rotatable bonds is 8. The number of anilines is 1. The Bertz CT molecular complexity index is 1240. The smallest absolute Gasteiger partial charge is 0.410 e. The highest BCUT2D eigenvalue weighted by molar-refractivity contribution is 5.97. The summed E-state index contributed by atoms with van der Waals surface area (Å²) in [6, 6.07) is 10.3. The maximum atomic E-state index is 13.0. The standard InChI is InChI=1S/C30H41N7O4/c1-21(2)18-25(28(39)35(7)34(6)20-31)33-27(38)23-10-8-22(9-11-23)24-12-13-26(32-19-24)36-14-16-37(17-15-36)29(40)41-30(3,4)5/h8-13,19,21,25H,14-18H2,1-7H3,(H,33,38)/t25-/m0/s1. The molecule has 1 aliphatic heterocycles.